The number of hydrogen-bond donors (Lipinski definition) is 0. The van der Waals surface area contributed by atoms with E-state index in [2.05, 4.69) is 0 Å². The zero-order chi connectivity index (χ0) is 13.0. The molecule has 0 unspecified atom stereocenters. The summed E-state index contributed by atoms with van der Waals surface area (Å²) in [7, 11) is 0. The summed E-state index contributed by atoms with van der Waals surface area (Å²) in [4.78, 5) is 0. The van der Waals surface area contributed by atoms with Gasteiger partial charge >= 0.3 is 0 Å². The molecular weight excluding hydrogens is 253 g/mol. The van der Waals surface area contributed by atoms with Gasteiger partial charge in [-0.1, -0.05) is 17.7 Å². The van der Waals surface area contributed by atoms with Crippen molar-refractivity contribution < 1.29 is 9.13 Å². The molecule has 0 aromatic heterocycles. The summed E-state index contributed by atoms with van der Waals surface area (Å²) in [5, 5.41) is 9.46. The third kappa shape index (κ3) is 2.99. The Morgan fingerprint density at radius 3 is 2.78 bits per heavy atom. The highest BCUT2D eigenvalue weighted by Gasteiger charge is 2.05. The lowest BCUT2D eigenvalue weighted by Crippen LogP contribution is -1.99. The second kappa shape index (κ2) is 5.52. The Kier molecular flexibility index (Phi) is 3.81. The van der Waals surface area contributed by atoms with E-state index in [9.17, 15) is 4.39 Å². The number of ether oxygens (including phenoxy) is 1. The van der Waals surface area contributed by atoms with Crippen molar-refractivity contribution in [3.63, 3.8) is 0 Å². The molecule has 2 rings (SSSR count). The first-order chi connectivity index (χ1) is 8.69. The number of nitrogens with zero attached hydrogens (tertiary/aromatic N) is 1. The van der Waals surface area contributed by atoms with Crippen LogP contribution in [0.5, 0.6) is 5.75 Å². The molecule has 0 amide bonds. The van der Waals surface area contributed by atoms with E-state index in [0.717, 1.165) is 0 Å². The highest BCUT2D eigenvalue weighted by Crippen LogP contribution is 2.19. The number of nitriles is 1. The summed E-state index contributed by atoms with van der Waals surface area (Å²) in [6, 6.07) is 12.9. The molecule has 0 bridgehead atoms. The SMILES string of the molecule is N#Cc1ccc(F)cc1COc1cccc(Cl)c1. The van der Waals surface area contributed by atoms with E-state index in [1.54, 1.807) is 24.3 Å². The molecule has 0 fully saturated rings. The van der Waals surface area contributed by atoms with Gasteiger partial charge in [0.15, 0.2) is 0 Å². The molecule has 0 saturated heterocycles. The molecular formula is C14H9ClFNO. The fraction of sp³-hybridized carbons (Fsp3) is 0.0714. The Bertz CT molecular complexity index is 607. The topological polar surface area (TPSA) is 33.0 Å². The first-order valence-corrected chi connectivity index (χ1v) is 5.64. The first-order valence-electron chi connectivity index (χ1n) is 5.26. The Balaban J connectivity index is 2.15. The summed E-state index contributed by atoms with van der Waals surface area (Å²) < 4.78 is 18.6. The van der Waals surface area contributed by atoms with Gasteiger partial charge in [0, 0.05) is 10.6 Å². The Hall–Kier alpha value is -2.05. The van der Waals surface area contributed by atoms with Crippen LogP contribution in [0.1, 0.15) is 11.1 Å². The standard InChI is InChI=1S/C14H9ClFNO/c15-12-2-1-3-14(7-12)18-9-11-6-13(16)5-4-10(11)8-17/h1-7H,9H2. The van der Waals surface area contributed by atoms with E-state index < -0.39 is 5.82 Å². The van der Waals surface area contributed by atoms with Crippen LogP contribution in [0.25, 0.3) is 0 Å². The summed E-state index contributed by atoms with van der Waals surface area (Å²) in [6.07, 6.45) is 0. The third-order valence-corrected chi connectivity index (χ3v) is 2.61. The predicted octanol–water partition coefficient (Wildman–Crippen LogP) is 3.93. The van der Waals surface area contributed by atoms with E-state index in [4.69, 9.17) is 21.6 Å². The second-order valence-electron chi connectivity index (χ2n) is 3.66. The molecule has 0 aliphatic carbocycles. The zero-order valence-electron chi connectivity index (χ0n) is 9.36. The normalized spacial score (nSPS) is 9.83. The summed E-state index contributed by atoms with van der Waals surface area (Å²) in [6.45, 7) is 0.126. The third-order valence-electron chi connectivity index (χ3n) is 2.38. The quantitative estimate of drug-likeness (QED) is 0.839. The monoisotopic (exact) mass is 261 g/mol. The van der Waals surface area contributed by atoms with Crippen molar-refractivity contribution in [2.45, 2.75) is 6.61 Å². The molecule has 90 valence electrons. The molecule has 0 aliphatic heterocycles. The molecule has 2 aromatic rings. The average molecular weight is 262 g/mol. The number of hydrogen-bond acceptors (Lipinski definition) is 2. The van der Waals surface area contributed by atoms with Gasteiger partial charge in [0.2, 0.25) is 0 Å². The van der Waals surface area contributed by atoms with Crippen LogP contribution in [0.15, 0.2) is 42.5 Å². The fourth-order valence-corrected chi connectivity index (χ4v) is 1.69. The lowest BCUT2D eigenvalue weighted by Gasteiger charge is -2.08. The van der Waals surface area contributed by atoms with Gasteiger partial charge in [0.25, 0.3) is 0 Å². The fourth-order valence-electron chi connectivity index (χ4n) is 1.51. The van der Waals surface area contributed by atoms with Crippen LogP contribution in [0.3, 0.4) is 0 Å². The van der Waals surface area contributed by atoms with Gasteiger partial charge in [-0.05, 0) is 36.4 Å². The van der Waals surface area contributed by atoms with E-state index in [0.29, 0.717) is 21.9 Å². The number of benzene rings is 2. The molecule has 0 N–H and O–H groups in total. The minimum atomic E-state index is -0.390. The van der Waals surface area contributed by atoms with Crippen LogP contribution >= 0.6 is 11.6 Å². The molecule has 0 spiro atoms. The van der Waals surface area contributed by atoms with Gasteiger partial charge in [-0.2, -0.15) is 5.26 Å². The van der Waals surface area contributed by atoms with Gasteiger partial charge in [-0.25, -0.2) is 4.39 Å². The van der Waals surface area contributed by atoms with Crippen molar-refractivity contribution in [3.8, 4) is 11.8 Å². The maximum Gasteiger partial charge on any atom is 0.123 e. The maximum absolute atomic E-state index is 13.1. The zero-order valence-corrected chi connectivity index (χ0v) is 10.1. The van der Waals surface area contributed by atoms with E-state index in [-0.39, 0.29) is 6.61 Å². The van der Waals surface area contributed by atoms with E-state index in [1.807, 2.05) is 6.07 Å². The van der Waals surface area contributed by atoms with Crippen LogP contribution in [0, 0.1) is 17.1 Å². The summed E-state index contributed by atoms with van der Waals surface area (Å²) >= 11 is 5.82. The van der Waals surface area contributed by atoms with Crippen molar-refractivity contribution in [2.75, 3.05) is 0 Å². The highest BCUT2D eigenvalue weighted by molar-refractivity contribution is 6.30. The van der Waals surface area contributed by atoms with Gasteiger partial charge in [-0.15, -0.1) is 0 Å². The summed E-state index contributed by atoms with van der Waals surface area (Å²) in [5.41, 5.74) is 0.913. The Morgan fingerprint density at radius 2 is 2.06 bits per heavy atom. The minimum absolute atomic E-state index is 0.126. The van der Waals surface area contributed by atoms with Crippen molar-refractivity contribution in [2.24, 2.45) is 0 Å². The molecule has 0 aliphatic rings. The van der Waals surface area contributed by atoms with E-state index in [1.165, 1.54) is 18.2 Å². The first kappa shape index (κ1) is 12.4. The summed E-state index contributed by atoms with van der Waals surface area (Å²) in [5.74, 6) is 0.189. The molecule has 4 heteroatoms. The second-order valence-corrected chi connectivity index (χ2v) is 4.10. The van der Waals surface area contributed by atoms with Gasteiger partial charge < -0.3 is 4.74 Å². The Morgan fingerprint density at radius 1 is 1.22 bits per heavy atom. The van der Waals surface area contributed by atoms with Crippen LogP contribution in [0.4, 0.5) is 4.39 Å². The highest BCUT2D eigenvalue weighted by atomic mass is 35.5. The largest absolute Gasteiger partial charge is 0.489 e. The lowest BCUT2D eigenvalue weighted by atomic mass is 10.1. The van der Waals surface area contributed by atoms with Crippen LogP contribution < -0.4 is 4.74 Å². The van der Waals surface area contributed by atoms with Crippen molar-refractivity contribution in [1.29, 1.82) is 5.26 Å². The molecule has 2 nitrogen and oxygen atoms in total. The maximum atomic E-state index is 13.1. The van der Waals surface area contributed by atoms with Crippen molar-refractivity contribution in [3.05, 3.63) is 64.4 Å². The number of halogens is 2. The van der Waals surface area contributed by atoms with Crippen LogP contribution in [-0.4, -0.2) is 0 Å². The Labute approximate surface area is 109 Å². The number of rotatable bonds is 3. The van der Waals surface area contributed by atoms with E-state index >= 15 is 0 Å². The van der Waals surface area contributed by atoms with Crippen molar-refractivity contribution >= 4 is 11.6 Å². The molecule has 0 atom stereocenters. The molecule has 0 radical (unpaired) electrons. The molecule has 18 heavy (non-hydrogen) atoms. The van der Waals surface area contributed by atoms with Crippen LogP contribution in [0.2, 0.25) is 5.02 Å². The smallest absolute Gasteiger partial charge is 0.123 e. The van der Waals surface area contributed by atoms with Gasteiger partial charge in [0.1, 0.15) is 18.2 Å². The van der Waals surface area contributed by atoms with Crippen LogP contribution in [-0.2, 0) is 6.61 Å². The lowest BCUT2D eigenvalue weighted by molar-refractivity contribution is 0.305. The molecule has 2 aromatic carbocycles. The minimum Gasteiger partial charge on any atom is -0.489 e. The molecule has 0 heterocycles. The molecule has 0 saturated carbocycles. The van der Waals surface area contributed by atoms with Gasteiger partial charge in [0.05, 0.1) is 11.6 Å². The predicted molar refractivity (Wildman–Crippen MR) is 66.9 cm³/mol. The van der Waals surface area contributed by atoms with Gasteiger partial charge in [-0.3, -0.25) is 0 Å². The van der Waals surface area contributed by atoms with Crippen molar-refractivity contribution in [1.82, 2.24) is 0 Å². The average Bonchev–Trinajstić information content (AvgIpc) is 2.37.